The van der Waals surface area contributed by atoms with Gasteiger partial charge in [0.05, 0.1) is 11.2 Å². The van der Waals surface area contributed by atoms with E-state index < -0.39 is 11.2 Å². The predicted octanol–water partition coefficient (Wildman–Crippen LogP) is 10.8. The third kappa shape index (κ3) is 5.85. The van der Waals surface area contributed by atoms with Crippen molar-refractivity contribution in [1.82, 2.24) is 9.97 Å². The normalized spacial score (nSPS) is 44.4. The van der Waals surface area contributed by atoms with Gasteiger partial charge in [-0.15, -0.1) is 0 Å². The van der Waals surface area contributed by atoms with Gasteiger partial charge in [0.25, 0.3) is 0 Å². The Morgan fingerprint density at radius 1 is 0.538 bits per heavy atom. The summed E-state index contributed by atoms with van der Waals surface area (Å²) in [5, 5.41) is 21.0. The first-order chi connectivity index (χ1) is 25.0. The molecule has 52 heavy (non-hydrogen) atoms. The van der Waals surface area contributed by atoms with Gasteiger partial charge in [-0.1, -0.05) is 61.4 Å². The van der Waals surface area contributed by atoms with Crippen LogP contribution < -0.4 is 0 Å². The van der Waals surface area contributed by atoms with E-state index in [1.807, 2.05) is 38.6 Å². The Kier molecular flexibility index (Phi) is 8.66. The van der Waals surface area contributed by atoms with Crippen LogP contribution in [-0.4, -0.2) is 31.4 Å². The molecule has 2 N–H and O–H groups in total. The Balaban J connectivity index is 0.000000138. The van der Waals surface area contributed by atoms with E-state index in [2.05, 4.69) is 72.4 Å². The Morgan fingerprint density at radius 3 is 1.38 bits per heavy atom. The summed E-state index contributed by atoms with van der Waals surface area (Å²) in [5.41, 5.74) is 8.60. The van der Waals surface area contributed by atoms with Gasteiger partial charge in [-0.05, 0) is 196 Å². The van der Waals surface area contributed by atoms with Crippen molar-refractivity contribution in [3.05, 3.63) is 95.6 Å². The number of aliphatic hydroxyl groups is 2. The van der Waals surface area contributed by atoms with Crippen LogP contribution in [0.15, 0.2) is 84.5 Å². The van der Waals surface area contributed by atoms with Crippen molar-refractivity contribution >= 4 is 11.1 Å². The lowest BCUT2D eigenvalue weighted by atomic mass is 9.51. The number of aromatic nitrogens is 2. The zero-order chi connectivity index (χ0) is 35.9. The second-order valence-electron chi connectivity index (χ2n) is 19.6. The molecule has 4 saturated carbocycles. The van der Waals surface area contributed by atoms with Crippen LogP contribution in [0.3, 0.4) is 0 Å². The van der Waals surface area contributed by atoms with Crippen LogP contribution in [0.2, 0.25) is 0 Å². The number of allylic oxidation sites excluding steroid dienone is 6. The maximum Gasteiger partial charge on any atom is 0.0657 e. The fraction of sp³-hybridized carbons (Fsp3) is 0.625. The molecule has 0 aromatic carbocycles. The summed E-state index contributed by atoms with van der Waals surface area (Å²) in [6.07, 6.45) is 34.3. The first-order valence-electron chi connectivity index (χ1n) is 21.0. The van der Waals surface area contributed by atoms with Crippen LogP contribution in [0.25, 0.3) is 11.1 Å². The monoisotopic (exact) mass is 698 g/mol. The third-order valence-electron chi connectivity index (χ3n) is 16.5. The van der Waals surface area contributed by atoms with E-state index >= 15 is 0 Å². The zero-order valence-corrected chi connectivity index (χ0v) is 32.2. The summed E-state index contributed by atoms with van der Waals surface area (Å²) in [4.78, 5) is 8.75. The molecular weight excluding hydrogens is 637 g/mol. The average molecular weight is 699 g/mol. The van der Waals surface area contributed by atoms with Gasteiger partial charge in [0.1, 0.15) is 0 Å². The second-order valence-corrected chi connectivity index (χ2v) is 19.6. The third-order valence-corrected chi connectivity index (χ3v) is 16.5. The Bertz CT molecular complexity index is 1650. The first kappa shape index (κ1) is 34.9. The van der Waals surface area contributed by atoms with E-state index in [1.165, 1.54) is 75.3 Å². The van der Waals surface area contributed by atoms with Crippen molar-refractivity contribution in [2.24, 2.45) is 58.2 Å². The standard InChI is InChI=1S/2C24H31NO/c2*1-23(26)11-9-18-16(14-23)5-6-20-19(18)10-12-24(2)21(7-8-22(20)24)17-4-3-13-25-15-17/h2*3-5,7,13,15,18-20,22,26H,6,8-12,14H2,1-2H3/t18?,19-,20-,22+,23+,24-;18?,19-,20-,22+,23-,24-/m11/s1. The summed E-state index contributed by atoms with van der Waals surface area (Å²) in [6, 6.07) is 8.62. The van der Waals surface area contributed by atoms with Crippen LogP contribution in [0, 0.1) is 58.2 Å². The van der Waals surface area contributed by atoms with Crippen LogP contribution in [-0.2, 0) is 0 Å². The highest BCUT2D eigenvalue weighted by atomic mass is 16.3. The fourth-order valence-electron chi connectivity index (χ4n) is 14.0. The van der Waals surface area contributed by atoms with Crippen LogP contribution in [0.1, 0.15) is 129 Å². The van der Waals surface area contributed by atoms with Crippen molar-refractivity contribution in [3.63, 3.8) is 0 Å². The second kappa shape index (κ2) is 12.9. The van der Waals surface area contributed by atoms with E-state index in [1.54, 1.807) is 22.3 Å². The highest BCUT2D eigenvalue weighted by Crippen LogP contribution is 2.65. The Labute approximate surface area is 313 Å². The van der Waals surface area contributed by atoms with Crippen LogP contribution in [0.5, 0.6) is 0 Å². The average Bonchev–Trinajstić information content (AvgIpc) is 3.68. The Hall–Kier alpha value is -2.82. The molecule has 0 radical (unpaired) electrons. The van der Waals surface area contributed by atoms with Gasteiger partial charge < -0.3 is 10.2 Å². The van der Waals surface area contributed by atoms with Crippen LogP contribution in [0.4, 0.5) is 0 Å². The highest BCUT2D eigenvalue weighted by molar-refractivity contribution is 5.73. The van der Waals surface area contributed by atoms with Crippen molar-refractivity contribution < 1.29 is 10.2 Å². The molecule has 8 aliphatic carbocycles. The van der Waals surface area contributed by atoms with E-state index in [9.17, 15) is 10.2 Å². The Morgan fingerprint density at radius 2 is 0.981 bits per heavy atom. The topological polar surface area (TPSA) is 66.2 Å². The number of hydrogen-bond donors (Lipinski definition) is 2. The molecule has 0 spiro atoms. The molecule has 4 fully saturated rings. The first-order valence-corrected chi connectivity index (χ1v) is 21.0. The molecule has 0 aliphatic heterocycles. The number of nitrogens with zero attached hydrogens (tertiary/aromatic N) is 2. The molecule has 276 valence electrons. The van der Waals surface area contributed by atoms with Gasteiger partial charge in [-0.3, -0.25) is 9.97 Å². The van der Waals surface area contributed by atoms with Gasteiger partial charge in [-0.2, -0.15) is 0 Å². The predicted molar refractivity (Wildman–Crippen MR) is 211 cm³/mol. The minimum Gasteiger partial charge on any atom is -0.390 e. The summed E-state index contributed by atoms with van der Waals surface area (Å²) in [6.45, 7) is 9.08. The van der Waals surface area contributed by atoms with Crippen molar-refractivity contribution in [3.8, 4) is 0 Å². The molecule has 8 aliphatic rings. The van der Waals surface area contributed by atoms with Crippen molar-refractivity contribution in [2.45, 2.75) is 129 Å². The van der Waals surface area contributed by atoms with E-state index in [4.69, 9.17) is 0 Å². The highest BCUT2D eigenvalue weighted by Gasteiger charge is 2.55. The quantitative estimate of drug-likeness (QED) is 0.307. The molecule has 2 unspecified atom stereocenters. The van der Waals surface area contributed by atoms with Gasteiger partial charge in [0.15, 0.2) is 0 Å². The molecule has 0 amide bonds. The fourth-order valence-corrected chi connectivity index (χ4v) is 14.0. The van der Waals surface area contributed by atoms with Gasteiger partial charge >= 0.3 is 0 Å². The molecule has 2 aromatic heterocycles. The lowest BCUT2D eigenvalue weighted by molar-refractivity contribution is -0.0124. The molecule has 2 aromatic rings. The van der Waals surface area contributed by atoms with Gasteiger partial charge in [0, 0.05) is 24.8 Å². The molecule has 4 heteroatoms. The molecule has 4 nitrogen and oxygen atoms in total. The summed E-state index contributed by atoms with van der Waals surface area (Å²) in [7, 11) is 0. The van der Waals surface area contributed by atoms with Crippen LogP contribution >= 0.6 is 0 Å². The lowest BCUT2D eigenvalue weighted by Crippen LogP contribution is -2.46. The number of fused-ring (bicyclic) bond motifs is 10. The summed E-state index contributed by atoms with van der Waals surface area (Å²) >= 11 is 0. The number of pyridine rings is 2. The maximum atomic E-state index is 10.5. The largest absolute Gasteiger partial charge is 0.390 e. The number of hydrogen-bond acceptors (Lipinski definition) is 4. The molecular formula is C48H62N2O2. The maximum absolute atomic E-state index is 10.5. The lowest BCUT2D eigenvalue weighted by Gasteiger charge is -2.54. The molecule has 2 heterocycles. The van der Waals surface area contributed by atoms with Crippen molar-refractivity contribution in [2.75, 3.05) is 0 Å². The minimum atomic E-state index is -0.471. The SMILES string of the molecule is C[C@@]1(O)CCC2C(=CC[C@@H]3[C@@H]2CC[C@]2(C)C(c4cccnc4)=CC[C@@H]32)C1.C[C@]1(O)CCC2C(=CC[C@@H]3[C@@H]2CC[C@]2(C)C(c4cccnc4)=CC[C@@H]32)C1. The molecule has 0 saturated heterocycles. The van der Waals surface area contributed by atoms with E-state index in [0.717, 1.165) is 73.0 Å². The zero-order valence-electron chi connectivity index (χ0n) is 32.2. The molecule has 12 atom stereocenters. The smallest absolute Gasteiger partial charge is 0.0657 e. The molecule has 0 bridgehead atoms. The van der Waals surface area contributed by atoms with Gasteiger partial charge in [0.2, 0.25) is 0 Å². The molecule has 10 rings (SSSR count). The van der Waals surface area contributed by atoms with E-state index in [-0.39, 0.29) is 0 Å². The summed E-state index contributed by atoms with van der Waals surface area (Å²) in [5.74, 6) is 6.33. The summed E-state index contributed by atoms with van der Waals surface area (Å²) < 4.78 is 0. The van der Waals surface area contributed by atoms with Crippen molar-refractivity contribution in [1.29, 1.82) is 0 Å². The minimum absolute atomic E-state index is 0.315. The van der Waals surface area contributed by atoms with Gasteiger partial charge in [-0.25, -0.2) is 0 Å². The number of rotatable bonds is 2. The van der Waals surface area contributed by atoms with E-state index in [0.29, 0.717) is 10.8 Å².